The summed E-state index contributed by atoms with van der Waals surface area (Å²) in [7, 11) is 0. The molecule has 0 radical (unpaired) electrons. The number of likely N-dealkylation sites (tertiary alicyclic amines) is 1. The maximum Gasteiger partial charge on any atom is 0.302 e. The average molecular weight is 447 g/mol. The van der Waals surface area contributed by atoms with Crippen molar-refractivity contribution >= 4 is 23.8 Å². The molecule has 1 heterocycles. The lowest BCUT2D eigenvalue weighted by molar-refractivity contribution is -0.164. The third-order valence-corrected chi connectivity index (χ3v) is 7.16. The zero-order valence-electron chi connectivity index (χ0n) is 18.7. The number of ether oxygens (including phenoxy) is 2. The molecule has 0 unspecified atom stereocenters. The van der Waals surface area contributed by atoms with Gasteiger partial charge in [-0.15, -0.1) is 0 Å². The van der Waals surface area contributed by atoms with Gasteiger partial charge in [0, 0.05) is 25.7 Å². The van der Waals surface area contributed by atoms with Gasteiger partial charge in [-0.05, 0) is 29.2 Å². The highest BCUT2D eigenvalue weighted by molar-refractivity contribution is 6.08. The molecule has 2 aromatic rings. The number of amides is 2. The van der Waals surface area contributed by atoms with Gasteiger partial charge in [-0.25, -0.2) is 0 Å². The summed E-state index contributed by atoms with van der Waals surface area (Å²) in [5.41, 5.74) is 3.00. The summed E-state index contributed by atoms with van der Waals surface area (Å²) in [6, 6.07) is 16.0. The number of imide groups is 1. The van der Waals surface area contributed by atoms with E-state index in [9.17, 15) is 19.2 Å². The number of hydrogen-bond donors (Lipinski definition) is 0. The van der Waals surface area contributed by atoms with Crippen molar-refractivity contribution in [3.63, 3.8) is 0 Å². The van der Waals surface area contributed by atoms with Crippen LogP contribution in [-0.2, 0) is 28.7 Å². The molecule has 1 saturated heterocycles. The topological polar surface area (TPSA) is 90.0 Å². The van der Waals surface area contributed by atoms with Crippen molar-refractivity contribution in [3.8, 4) is 0 Å². The summed E-state index contributed by atoms with van der Waals surface area (Å²) in [4.78, 5) is 52.1. The van der Waals surface area contributed by atoms with Crippen LogP contribution in [0.25, 0.3) is 0 Å². The summed E-state index contributed by atoms with van der Waals surface area (Å²) in [5, 5.41) is 0. The first-order valence-electron chi connectivity index (χ1n) is 11.1. The van der Waals surface area contributed by atoms with Crippen LogP contribution >= 0.6 is 0 Å². The Bertz CT molecular complexity index is 1050. The maximum absolute atomic E-state index is 13.9. The largest absolute Gasteiger partial charge is 0.463 e. The number of benzene rings is 2. The van der Waals surface area contributed by atoms with Crippen LogP contribution in [0.1, 0.15) is 54.9 Å². The van der Waals surface area contributed by atoms with Gasteiger partial charge < -0.3 is 9.47 Å². The second kappa shape index (κ2) is 7.54. The van der Waals surface area contributed by atoms with E-state index in [-0.39, 0.29) is 36.9 Å². The normalized spacial score (nSPS) is 24.8. The van der Waals surface area contributed by atoms with Crippen LogP contribution in [0.2, 0.25) is 0 Å². The molecular formula is C26H25NO6. The standard InChI is InChI=1S/C26H25NO6/c1-14(28)32-12-26(3,13-33-15(2)29)27-24(30)22-20-16-8-4-5-9-17(16)21(23(22)25(27)31)19-11-7-6-10-18(19)20/h4-11,20-23H,12-13H2,1-3H3/t20?,21?,22-,23-/m0/s1. The molecule has 170 valence electrons. The van der Waals surface area contributed by atoms with Crippen molar-refractivity contribution < 1.29 is 28.7 Å². The lowest BCUT2D eigenvalue weighted by Crippen LogP contribution is -2.56. The summed E-state index contributed by atoms with van der Waals surface area (Å²) in [6.45, 7) is 3.64. The molecule has 2 atom stereocenters. The highest BCUT2D eigenvalue weighted by Gasteiger charge is 2.64. The van der Waals surface area contributed by atoms with Gasteiger partial charge in [0.1, 0.15) is 18.8 Å². The molecule has 0 N–H and O–H groups in total. The van der Waals surface area contributed by atoms with Gasteiger partial charge in [0.25, 0.3) is 0 Å². The van der Waals surface area contributed by atoms with E-state index in [0.29, 0.717) is 0 Å². The minimum absolute atomic E-state index is 0.236. The first kappa shape index (κ1) is 21.4. The van der Waals surface area contributed by atoms with E-state index < -0.39 is 29.3 Å². The van der Waals surface area contributed by atoms with Crippen molar-refractivity contribution in [2.75, 3.05) is 13.2 Å². The molecule has 4 aliphatic rings. The second-order valence-corrected chi connectivity index (χ2v) is 9.33. The van der Waals surface area contributed by atoms with Gasteiger partial charge in [0.15, 0.2) is 0 Å². The second-order valence-electron chi connectivity index (χ2n) is 9.33. The number of carbonyl (C=O) groups is 4. The fourth-order valence-electron chi connectivity index (χ4n) is 5.89. The van der Waals surface area contributed by atoms with Gasteiger partial charge in [0.05, 0.1) is 11.8 Å². The van der Waals surface area contributed by atoms with Crippen LogP contribution < -0.4 is 0 Å². The molecule has 3 aliphatic carbocycles. The Kier molecular flexibility index (Phi) is 4.88. The summed E-state index contributed by atoms with van der Waals surface area (Å²) in [6.07, 6.45) is 0. The molecule has 0 spiro atoms. The predicted octanol–water partition coefficient (Wildman–Crippen LogP) is 2.76. The molecule has 0 aromatic heterocycles. The molecule has 7 nitrogen and oxygen atoms in total. The molecule has 2 amide bonds. The van der Waals surface area contributed by atoms with Crippen LogP contribution in [-0.4, -0.2) is 47.4 Å². The average Bonchev–Trinajstić information content (AvgIpc) is 3.07. The fourth-order valence-corrected chi connectivity index (χ4v) is 5.89. The van der Waals surface area contributed by atoms with E-state index in [0.717, 1.165) is 22.3 Å². The number of carbonyl (C=O) groups excluding carboxylic acids is 4. The Hall–Kier alpha value is -3.48. The molecule has 0 saturated carbocycles. The molecule has 2 aromatic carbocycles. The van der Waals surface area contributed by atoms with E-state index >= 15 is 0 Å². The third kappa shape index (κ3) is 3.09. The van der Waals surface area contributed by atoms with Crippen molar-refractivity contribution in [2.24, 2.45) is 11.8 Å². The van der Waals surface area contributed by atoms with Gasteiger partial charge in [-0.3, -0.25) is 24.1 Å². The third-order valence-electron chi connectivity index (χ3n) is 7.16. The van der Waals surface area contributed by atoms with E-state index in [1.807, 2.05) is 48.5 Å². The quantitative estimate of drug-likeness (QED) is 0.517. The highest BCUT2D eigenvalue weighted by Crippen LogP contribution is 2.61. The number of nitrogens with zero attached hydrogens (tertiary/aromatic N) is 1. The Labute approximate surface area is 191 Å². The minimum atomic E-state index is -1.30. The smallest absolute Gasteiger partial charge is 0.302 e. The molecule has 7 heteroatoms. The zero-order valence-corrected chi connectivity index (χ0v) is 18.7. The summed E-state index contributed by atoms with van der Waals surface area (Å²) in [5.74, 6) is -3.29. The van der Waals surface area contributed by atoms with Crippen LogP contribution in [0.5, 0.6) is 0 Å². The summed E-state index contributed by atoms with van der Waals surface area (Å²) >= 11 is 0. The maximum atomic E-state index is 13.9. The van der Waals surface area contributed by atoms with Crippen LogP contribution in [0.4, 0.5) is 0 Å². The molecule has 6 rings (SSSR count). The molecule has 33 heavy (non-hydrogen) atoms. The first-order chi connectivity index (χ1) is 15.7. The van der Waals surface area contributed by atoms with Crippen molar-refractivity contribution in [3.05, 3.63) is 70.8 Å². The number of esters is 2. The zero-order chi connectivity index (χ0) is 23.5. The SMILES string of the molecule is CC(=O)OCC(C)(COC(C)=O)N1C(=O)[C@H]2C3c4ccccc4C(c4ccccc43)[C@@H]2C1=O. The van der Waals surface area contributed by atoms with E-state index in [1.54, 1.807) is 6.92 Å². The molecule has 1 aliphatic heterocycles. The molecule has 1 fully saturated rings. The Balaban J connectivity index is 1.61. The Morgan fingerprint density at radius 3 is 1.39 bits per heavy atom. The van der Waals surface area contributed by atoms with Crippen LogP contribution in [0.3, 0.4) is 0 Å². The van der Waals surface area contributed by atoms with Crippen molar-refractivity contribution in [1.29, 1.82) is 0 Å². The summed E-state index contributed by atoms with van der Waals surface area (Å²) < 4.78 is 10.4. The highest BCUT2D eigenvalue weighted by atomic mass is 16.5. The Morgan fingerprint density at radius 1 is 0.758 bits per heavy atom. The van der Waals surface area contributed by atoms with E-state index in [1.165, 1.54) is 18.7 Å². The van der Waals surface area contributed by atoms with Crippen molar-refractivity contribution in [1.82, 2.24) is 4.90 Å². The van der Waals surface area contributed by atoms with E-state index in [2.05, 4.69) is 0 Å². The molecule has 2 bridgehead atoms. The van der Waals surface area contributed by atoms with Crippen LogP contribution in [0.15, 0.2) is 48.5 Å². The Morgan fingerprint density at radius 2 is 1.09 bits per heavy atom. The van der Waals surface area contributed by atoms with Gasteiger partial charge in [-0.2, -0.15) is 0 Å². The molecular weight excluding hydrogens is 422 g/mol. The number of rotatable bonds is 5. The monoisotopic (exact) mass is 447 g/mol. The number of hydrogen-bond acceptors (Lipinski definition) is 6. The van der Waals surface area contributed by atoms with Gasteiger partial charge in [-0.1, -0.05) is 48.5 Å². The van der Waals surface area contributed by atoms with Gasteiger partial charge >= 0.3 is 11.9 Å². The fraction of sp³-hybridized carbons (Fsp3) is 0.385. The minimum Gasteiger partial charge on any atom is -0.463 e. The van der Waals surface area contributed by atoms with E-state index in [4.69, 9.17) is 9.47 Å². The lowest BCUT2D eigenvalue weighted by atomic mass is 9.55. The first-order valence-corrected chi connectivity index (χ1v) is 11.1. The van der Waals surface area contributed by atoms with Gasteiger partial charge in [0.2, 0.25) is 11.8 Å². The van der Waals surface area contributed by atoms with Crippen LogP contribution in [0, 0.1) is 11.8 Å². The lowest BCUT2D eigenvalue weighted by Gasteiger charge is -2.45. The predicted molar refractivity (Wildman–Crippen MR) is 117 cm³/mol. The van der Waals surface area contributed by atoms with Crippen molar-refractivity contribution in [2.45, 2.75) is 38.1 Å².